The zero-order valence-electron chi connectivity index (χ0n) is 6.83. The zero-order chi connectivity index (χ0) is 8.48. The molecule has 0 fully saturated rings. The third kappa shape index (κ3) is 1.83. The van der Waals surface area contributed by atoms with Crippen molar-refractivity contribution in [2.24, 2.45) is 21.9 Å². The summed E-state index contributed by atoms with van der Waals surface area (Å²) >= 11 is 0. The number of hydrogen-bond acceptors (Lipinski definition) is 3. The number of rotatable bonds is 0. The lowest BCUT2D eigenvalue weighted by Gasteiger charge is -2.12. The first-order chi connectivity index (χ1) is 5.01. The molecule has 1 aliphatic rings. The predicted molar refractivity (Wildman–Crippen MR) is 46.8 cm³/mol. The fourth-order valence-electron chi connectivity index (χ4n) is 0.906. The number of nitrogens with zero attached hydrogens (tertiary/aromatic N) is 1. The molecule has 0 aromatic carbocycles. The minimum absolute atomic E-state index is 0.0955. The topological polar surface area (TPSA) is 64.4 Å². The number of allylic oxidation sites excluding steroid dienone is 1. The predicted octanol–water partition coefficient (Wildman–Crippen LogP) is 0.740. The Bertz CT molecular complexity index is 246. The summed E-state index contributed by atoms with van der Waals surface area (Å²) in [5.74, 6) is 0. The SMILES string of the molecule is CC1(C)C=NC=C(N)C(N)=C1. The van der Waals surface area contributed by atoms with Crippen LogP contribution in [0.15, 0.2) is 28.7 Å². The molecule has 0 atom stereocenters. The van der Waals surface area contributed by atoms with E-state index < -0.39 is 0 Å². The van der Waals surface area contributed by atoms with Gasteiger partial charge in [0.05, 0.1) is 17.6 Å². The molecule has 11 heavy (non-hydrogen) atoms. The first kappa shape index (κ1) is 7.85. The molecule has 3 heteroatoms. The minimum Gasteiger partial charge on any atom is -0.397 e. The van der Waals surface area contributed by atoms with E-state index in [0.29, 0.717) is 11.4 Å². The largest absolute Gasteiger partial charge is 0.397 e. The Hall–Kier alpha value is -1.25. The lowest BCUT2D eigenvalue weighted by Crippen LogP contribution is -2.14. The summed E-state index contributed by atoms with van der Waals surface area (Å²) in [4.78, 5) is 4.01. The van der Waals surface area contributed by atoms with Gasteiger partial charge in [0.25, 0.3) is 0 Å². The summed E-state index contributed by atoms with van der Waals surface area (Å²) in [5, 5.41) is 0. The van der Waals surface area contributed by atoms with Crippen molar-refractivity contribution in [1.29, 1.82) is 0 Å². The minimum atomic E-state index is -0.0955. The molecule has 0 spiro atoms. The van der Waals surface area contributed by atoms with Crippen LogP contribution in [-0.2, 0) is 0 Å². The van der Waals surface area contributed by atoms with Crippen LogP contribution in [0, 0.1) is 5.41 Å². The van der Waals surface area contributed by atoms with Crippen molar-refractivity contribution in [3.63, 3.8) is 0 Å². The molecule has 0 bridgehead atoms. The Kier molecular flexibility index (Phi) is 1.72. The Morgan fingerprint density at radius 3 is 2.55 bits per heavy atom. The van der Waals surface area contributed by atoms with Gasteiger partial charge in [0, 0.05) is 11.6 Å². The van der Waals surface area contributed by atoms with Crippen molar-refractivity contribution < 1.29 is 0 Å². The van der Waals surface area contributed by atoms with Crippen molar-refractivity contribution in [3.8, 4) is 0 Å². The first-order valence-corrected chi connectivity index (χ1v) is 3.50. The molecule has 0 radical (unpaired) electrons. The standard InChI is InChI=1S/C8H13N3/c1-8(2)3-6(9)7(10)4-11-5-8/h3-5H,9-10H2,1-2H3. The normalized spacial score (nSPS) is 22.0. The van der Waals surface area contributed by atoms with Crippen LogP contribution < -0.4 is 11.5 Å². The van der Waals surface area contributed by atoms with Gasteiger partial charge in [0.2, 0.25) is 0 Å². The molecule has 4 N–H and O–H groups in total. The van der Waals surface area contributed by atoms with Crippen LogP contribution in [0.2, 0.25) is 0 Å². The average Bonchev–Trinajstić information content (AvgIpc) is 1.93. The van der Waals surface area contributed by atoms with E-state index in [9.17, 15) is 0 Å². The highest BCUT2D eigenvalue weighted by atomic mass is 14.8. The van der Waals surface area contributed by atoms with Gasteiger partial charge in [-0.15, -0.1) is 0 Å². The smallest absolute Gasteiger partial charge is 0.0730 e. The third-order valence-corrected chi connectivity index (χ3v) is 1.48. The summed E-state index contributed by atoms with van der Waals surface area (Å²) in [5.41, 5.74) is 12.2. The number of hydrogen-bond donors (Lipinski definition) is 2. The van der Waals surface area contributed by atoms with Crippen molar-refractivity contribution >= 4 is 6.21 Å². The monoisotopic (exact) mass is 151 g/mol. The maximum Gasteiger partial charge on any atom is 0.0730 e. The van der Waals surface area contributed by atoms with Gasteiger partial charge in [0.15, 0.2) is 0 Å². The van der Waals surface area contributed by atoms with Gasteiger partial charge in [-0.1, -0.05) is 13.8 Å². The second-order valence-electron chi connectivity index (χ2n) is 3.28. The molecular weight excluding hydrogens is 138 g/mol. The van der Waals surface area contributed by atoms with Crippen molar-refractivity contribution in [1.82, 2.24) is 0 Å². The molecule has 60 valence electrons. The quantitative estimate of drug-likeness (QED) is 0.536. The molecule has 0 amide bonds. The highest BCUT2D eigenvalue weighted by Crippen LogP contribution is 2.18. The van der Waals surface area contributed by atoms with Gasteiger partial charge < -0.3 is 11.5 Å². The fraction of sp³-hybridized carbons (Fsp3) is 0.375. The highest BCUT2D eigenvalue weighted by Gasteiger charge is 2.14. The second kappa shape index (κ2) is 2.42. The molecule has 1 heterocycles. The molecule has 0 aliphatic carbocycles. The van der Waals surface area contributed by atoms with Crippen LogP contribution in [0.3, 0.4) is 0 Å². The van der Waals surface area contributed by atoms with E-state index in [0.717, 1.165) is 0 Å². The maximum absolute atomic E-state index is 5.64. The Morgan fingerprint density at radius 2 is 1.91 bits per heavy atom. The first-order valence-electron chi connectivity index (χ1n) is 3.50. The van der Waals surface area contributed by atoms with Crippen LogP contribution in [0.5, 0.6) is 0 Å². The molecular formula is C8H13N3. The second-order valence-corrected chi connectivity index (χ2v) is 3.28. The van der Waals surface area contributed by atoms with Crippen LogP contribution >= 0.6 is 0 Å². The van der Waals surface area contributed by atoms with E-state index in [-0.39, 0.29) is 5.41 Å². The van der Waals surface area contributed by atoms with Crippen LogP contribution in [0.1, 0.15) is 13.8 Å². The fourth-order valence-corrected chi connectivity index (χ4v) is 0.906. The van der Waals surface area contributed by atoms with Gasteiger partial charge in [-0.3, -0.25) is 4.99 Å². The van der Waals surface area contributed by atoms with E-state index in [1.807, 2.05) is 26.1 Å². The summed E-state index contributed by atoms with van der Waals surface area (Å²) in [6.45, 7) is 4.05. The molecule has 1 aliphatic heterocycles. The summed E-state index contributed by atoms with van der Waals surface area (Å²) in [6.07, 6.45) is 5.29. The van der Waals surface area contributed by atoms with Crippen molar-refractivity contribution in [3.05, 3.63) is 23.7 Å². The Balaban J connectivity index is 3.03. The number of nitrogens with two attached hydrogens (primary N) is 2. The van der Waals surface area contributed by atoms with E-state index >= 15 is 0 Å². The zero-order valence-corrected chi connectivity index (χ0v) is 6.83. The molecule has 0 unspecified atom stereocenters. The van der Waals surface area contributed by atoms with Gasteiger partial charge >= 0.3 is 0 Å². The average molecular weight is 151 g/mol. The van der Waals surface area contributed by atoms with Gasteiger partial charge in [0.1, 0.15) is 0 Å². The van der Waals surface area contributed by atoms with Crippen molar-refractivity contribution in [2.75, 3.05) is 0 Å². The molecule has 3 nitrogen and oxygen atoms in total. The molecule has 1 rings (SSSR count). The maximum atomic E-state index is 5.64. The molecule has 0 saturated carbocycles. The van der Waals surface area contributed by atoms with Gasteiger partial charge in [-0.25, -0.2) is 0 Å². The third-order valence-electron chi connectivity index (χ3n) is 1.48. The van der Waals surface area contributed by atoms with E-state index in [1.54, 1.807) is 6.20 Å². The van der Waals surface area contributed by atoms with Gasteiger partial charge in [-0.2, -0.15) is 0 Å². The van der Waals surface area contributed by atoms with Gasteiger partial charge in [-0.05, 0) is 6.08 Å². The lowest BCUT2D eigenvalue weighted by molar-refractivity contribution is 0.689. The van der Waals surface area contributed by atoms with E-state index in [2.05, 4.69) is 4.99 Å². The molecule has 0 aromatic rings. The highest BCUT2D eigenvalue weighted by molar-refractivity contribution is 5.69. The van der Waals surface area contributed by atoms with E-state index in [1.165, 1.54) is 0 Å². The summed E-state index contributed by atoms with van der Waals surface area (Å²) in [7, 11) is 0. The van der Waals surface area contributed by atoms with Crippen LogP contribution in [-0.4, -0.2) is 6.21 Å². The molecule has 0 saturated heterocycles. The Morgan fingerprint density at radius 1 is 1.27 bits per heavy atom. The van der Waals surface area contributed by atoms with E-state index in [4.69, 9.17) is 11.5 Å². The lowest BCUT2D eigenvalue weighted by atomic mass is 9.94. The van der Waals surface area contributed by atoms with Crippen LogP contribution in [0.4, 0.5) is 0 Å². The Labute approximate surface area is 66.5 Å². The summed E-state index contributed by atoms with van der Waals surface area (Å²) in [6, 6.07) is 0. The van der Waals surface area contributed by atoms with Crippen molar-refractivity contribution in [2.45, 2.75) is 13.8 Å². The molecule has 0 aromatic heterocycles. The van der Waals surface area contributed by atoms with Crippen LogP contribution in [0.25, 0.3) is 0 Å². The number of aliphatic imine (C=N–C) groups is 1. The summed E-state index contributed by atoms with van der Waals surface area (Å²) < 4.78 is 0.